The molecule has 7 nitrogen and oxygen atoms in total. The third kappa shape index (κ3) is 6.20. The predicted octanol–water partition coefficient (Wildman–Crippen LogP) is 3.03. The van der Waals surface area contributed by atoms with Crippen LogP contribution in [0.1, 0.15) is 12.5 Å². The SMILES string of the molecule is CNC(=O)[C@H](C)N(Cc1ccc(Cl)cc1)C(=O)CN(c1ccccc1Br)S(C)(=O)=O. The van der Waals surface area contributed by atoms with E-state index < -0.39 is 28.5 Å². The van der Waals surface area contributed by atoms with E-state index in [0.717, 1.165) is 16.1 Å². The van der Waals surface area contributed by atoms with E-state index in [1.54, 1.807) is 55.5 Å². The van der Waals surface area contributed by atoms with E-state index >= 15 is 0 Å². The molecule has 0 saturated heterocycles. The van der Waals surface area contributed by atoms with Crippen molar-refractivity contribution in [3.63, 3.8) is 0 Å². The molecule has 0 aliphatic rings. The maximum absolute atomic E-state index is 13.2. The number of anilines is 1. The van der Waals surface area contributed by atoms with Crippen molar-refractivity contribution in [1.82, 2.24) is 10.2 Å². The second kappa shape index (κ2) is 10.3. The summed E-state index contributed by atoms with van der Waals surface area (Å²) in [6, 6.07) is 12.8. The molecular weight excluding hydrogens is 494 g/mol. The molecule has 0 aromatic heterocycles. The number of hydrogen-bond donors (Lipinski definition) is 1. The van der Waals surface area contributed by atoms with E-state index in [0.29, 0.717) is 15.2 Å². The Bertz CT molecular complexity index is 1010. The summed E-state index contributed by atoms with van der Waals surface area (Å²) in [6.07, 6.45) is 1.03. The zero-order chi connectivity index (χ0) is 22.5. The largest absolute Gasteiger partial charge is 0.357 e. The first-order valence-electron chi connectivity index (χ1n) is 9.02. The van der Waals surface area contributed by atoms with Gasteiger partial charge in [0, 0.05) is 23.1 Å². The van der Waals surface area contributed by atoms with E-state index in [9.17, 15) is 18.0 Å². The number of hydrogen-bond acceptors (Lipinski definition) is 4. The fourth-order valence-corrected chi connectivity index (χ4v) is 4.43. The van der Waals surface area contributed by atoms with Gasteiger partial charge < -0.3 is 10.2 Å². The fraction of sp³-hybridized carbons (Fsp3) is 0.300. The number of likely N-dealkylation sites (N-methyl/N-ethyl adjacent to an activating group) is 1. The van der Waals surface area contributed by atoms with Gasteiger partial charge in [-0.1, -0.05) is 35.9 Å². The lowest BCUT2D eigenvalue weighted by molar-refractivity contribution is -0.139. The lowest BCUT2D eigenvalue weighted by atomic mass is 10.1. The number of nitrogens with zero attached hydrogens (tertiary/aromatic N) is 2. The third-order valence-corrected chi connectivity index (χ3v) is 6.53. The van der Waals surface area contributed by atoms with Crippen LogP contribution in [0, 0.1) is 0 Å². The molecule has 162 valence electrons. The van der Waals surface area contributed by atoms with Crippen LogP contribution in [-0.2, 0) is 26.2 Å². The number of sulfonamides is 1. The van der Waals surface area contributed by atoms with E-state index in [1.807, 2.05) is 0 Å². The van der Waals surface area contributed by atoms with Crippen LogP contribution in [-0.4, -0.2) is 51.0 Å². The minimum atomic E-state index is -3.76. The summed E-state index contributed by atoms with van der Waals surface area (Å²) in [5.41, 5.74) is 1.10. The minimum absolute atomic E-state index is 0.123. The van der Waals surface area contributed by atoms with E-state index in [-0.39, 0.29) is 12.5 Å². The second-order valence-corrected chi connectivity index (χ2v) is 9.86. The van der Waals surface area contributed by atoms with Gasteiger partial charge in [0.2, 0.25) is 21.8 Å². The van der Waals surface area contributed by atoms with Crippen molar-refractivity contribution >= 4 is 55.1 Å². The zero-order valence-corrected chi connectivity index (χ0v) is 20.0. The van der Waals surface area contributed by atoms with Crippen LogP contribution in [0.15, 0.2) is 53.0 Å². The molecule has 0 aliphatic carbocycles. The smallest absolute Gasteiger partial charge is 0.244 e. The minimum Gasteiger partial charge on any atom is -0.357 e. The number of rotatable bonds is 8. The molecule has 0 fully saturated rings. The predicted molar refractivity (Wildman–Crippen MR) is 122 cm³/mol. The molecule has 0 saturated carbocycles. The normalized spacial score (nSPS) is 12.2. The number of carbonyl (C=O) groups is 2. The molecule has 2 amide bonds. The van der Waals surface area contributed by atoms with Crippen molar-refractivity contribution in [3.05, 3.63) is 63.6 Å². The first-order valence-corrected chi connectivity index (χ1v) is 12.0. The van der Waals surface area contributed by atoms with Gasteiger partial charge >= 0.3 is 0 Å². The molecule has 0 aliphatic heterocycles. The Morgan fingerprint density at radius 3 is 2.27 bits per heavy atom. The lowest BCUT2D eigenvalue weighted by Crippen LogP contribution is -2.50. The topological polar surface area (TPSA) is 86.8 Å². The molecule has 0 bridgehead atoms. The van der Waals surface area contributed by atoms with E-state index in [4.69, 9.17) is 11.6 Å². The number of halogens is 2. The highest BCUT2D eigenvalue weighted by molar-refractivity contribution is 9.10. The van der Waals surface area contributed by atoms with Crippen molar-refractivity contribution in [2.45, 2.75) is 19.5 Å². The van der Waals surface area contributed by atoms with Gasteiger partial charge in [-0.05, 0) is 52.7 Å². The monoisotopic (exact) mass is 515 g/mol. The molecule has 0 unspecified atom stereocenters. The maximum Gasteiger partial charge on any atom is 0.244 e. The zero-order valence-electron chi connectivity index (χ0n) is 16.8. The van der Waals surface area contributed by atoms with Gasteiger partial charge in [-0.3, -0.25) is 13.9 Å². The number of benzene rings is 2. The van der Waals surface area contributed by atoms with Gasteiger partial charge in [-0.2, -0.15) is 0 Å². The second-order valence-electron chi connectivity index (χ2n) is 6.66. The molecule has 1 atom stereocenters. The summed E-state index contributed by atoms with van der Waals surface area (Å²) >= 11 is 9.26. The summed E-state index contributed by atoms with van der Waals surface area (Å²) in [4.78, 5) is 26.8. The average molecular weight is 517 g/mol. The molecule has 1 N–H and O–H groups in total. The van der Waals surface area contributed by atoms with Gasteiger partial charge in [0.15, 0.2) is 0 Å². The van der Waals surface area contributed by atoms with Crippen LogP contribution in [0.5, 0.6) is 0 Å². The molecule has 10 heteroatoms. The Balaban J connectivity index is 2.38. The van der Waals surface area contributed by atoms with Crippen molar-refractivity contribution in [3.8, 4) is 0 Å². The maximum atomic E-state index is 13.2. The summed E-state index contributed by atoms with van der Waals surface area (Å²) < 4.78 is 26.4. The highest BCUT2D eigenvalue weighted by Gasteiger charge is 2.30. The number of para-hydroxylation sites is 1. The number of carbonyl (C=O) groups excluding carboxylic acids is 2. The van der Waals surface area contributed by atoms with Crippen LogP contribution < -0.4 is 9.62 Å². The Morgan fingerprint density at radius 1 is 1.13 bits per heavy atom. The quantitative estimate of drug-likeness (QED) is 0.584. The Morgan fingerprint density at radius 2 is 1.73 bits per heavy atom. The van der Waals surface area contributed by atoms with Crippen molar-refractivity contribution < 1.29 is 18.0 Å². The van der Waals surface area contributed by atoms with Gasteiger partial charge in [0.05, 0.1) is 11.9 Å². The van der Waals surface area contributed by atoms with Gasteiger partial charge in [0.1, 0.15) is 12.6 Å². The highest BCUT2D eigenvalue weighted by atomic mass is 79.9. The molecule has 2 rings (SSSR count). The van der Waals surface area contributed by atoms with Gasteiger partial charge in [-0.25, -0.2) is 8.42 Å². The van der Waals surface area contributed by atoms with Crippen LogP contribution >= 0.6 is 27.5 Å². The van der Waals surface area contributed by atoms with Gasteiger partial charge in [0.25, 0.3) is 0 Å². The summed E-state index contributed by atoms with van der Waals surface area (Å²) in [5.74, 6) is -0.869. The molecule has 0 spiro atoms. The van der Waals surface area contributed by atoms with Crippen LogP contribution in [0.25, 0.3) is 0 Å². The first kappa shape index (κ1) is 24.2. The molecule has 2 aromatic carbocycles. The summed E-state index contributed by atoms with van der Waals surface area (Å²) in [6.45, 7) is 1.27. The molecular formula is C20H23BrClN3O4S. The highest BCUT2D eigenvalue weighted by Crippen LogP contribution is 2.28. The molecule has 2 aromatic rings. The number of amides is 2. The molecule has 30 heavy (non-hydrogen) atoms. The van der Waals surface area contributed by atoms with Crippen LogP contribution in [0.4, 0.5) is 5.69 Å². The van der Waals surface area contributed by atoms with Gasteiger partial charge in [-0.15, -0.1) is 0 Å². The van der Waals surface area contributed by atoms with E-state index in [1.165, 1.54) is 11.9 Å². The Labute approximate surface area is 190 Å². The number of nitrogens with one attached hydrogen (secondary N) is 1. The average Bonchev–Trinajstić information content (AvgIpc) is 2.70. The lowest BCUT2D eigenvalue weighted by Gasteiger charge is -2.31. The first-order chi connectivity index (χ1) is 14.0. The molecule has 0 heterocycles. The Kier molecular flexibility index (Phi) is 8.28. The molecule has 0 radical (unpaired) electrons. The van der Waals surface area contributed by atoms with Crippen LogP contribution in [0.2, 0.25) is 5.02 Å². The summed E-state index contributed by atoms with van der Waals surface area (Å²) in [7, 11) is -2.28. The summed E-state index contributed by atoms with van der Waals surface area (Å²) in [5, 5.41) is 3.08. The standard InChI is InChI=1S/C20H23BrClN3O4S/c1-14(20(27)23-2)24(12-15-8-10-16(22)11-9-15)19(26)13-25(30(3,28)29)18-7-5-4-6-17(18)21/h4-11,14H,12-13H2,1-3H3,(H,23,27)/t14-/m0/s1. The van der Waals surface area contributed by atoms with E-state index in [2.05, 4.69) is 21.2 Å². The van der Waals surface area contributed by atoms with Crippen molar-refractivity contribution in [2.75, 3.05) is 24.2 Å². The van der Waals surface area contributed by atoms with Crippen LogP contribution in [0.3, 0.4) is 0 Å². The van der Waals surface area contributed by atoms with Crippen molar-refractivity contribution in [2.24, 2.45) is 0 Å². The Hall–Kier alpha value is -2.10. The van der Waals surface area contributed by atoms with Crippen molar-refractivity contribution in [1.29, 1.82) is 0 Å². The fourth-order valence-electron chi connectivity index (χ4n) is 2.83. The third-order valence-electron chi connectivity index (χ3n) is 4.48.